The van der Waals surface area contributed by atoms with Crippen LogP contribution in [-0.2, 0) is 4.74 Å². The van der Waals surface area contributed by atoms with Crippen molar-refractivity contribution in [1.29, 1.82) is 0 Å². The third-order valence-corrected chi connectivity index (χ3v) is 3.93. The van der Waals surface area contributed by atoms with Gasteiger partial charge < -0.3 is 14.5 Å². The number of para-hydroxylation sites is 1. The van der Waals surface area contributed by atoms with Crippen LogP contribution in [0.15, 0.2) is 28.7 Å². The molecule has 0 unspecified atom stereocenters. The lowest BCUT2D eigenvalue weighted by atomic mass is 10.1. The molecule has 106 valence electrons. The Morgan fingerprint density at radius 1 is 1.40 bits per heavy atom. The van der Waals surface area contributed by atoms with Gasteiger partial charge in [-0.2, -0.15) is 0 Å². The number of furan rings is 1. The van der Waals surface area contributed by atoms with Crippen LogP contribution in [0, 0.1) is 6.92 Å². The van der Waals surface area contributed by atoms with E-state index in [9.17, 15) is 4.79 Å². The third-order valence-electron chi connectivity index (χ3n) is 3.93. The third kappa shape index (κ3) is 2.31. The number of nitrogens with one attached hydrogen (secondary N) is 1. The quantitative estimate of drug-likeness (QED) is 0.935. The zero-order valence-electron chi connectivity index (χ0n) is 11.8. The number of amides is 1. The second kappa shape index (κ2) is 5.29. The molecule has 1 saturated heterocycles. The van der Waals surface area contributed by atoms with Gasteiger partial charge in [0.15, 0.2) is 5.76 Å². The minimum absolute atomic E-state index is 0.00221. The Kier molecular flexibility index (Phi) is 3.49. The number of fused-ring (bicyclic) bond motifs is 1. The van der Waals surface area contributed by atoms with Crippen LogP contribution in [0.2, 0.25) is 0 Å². The SMILES string of the molecule is Cc1c(C(=O)N[C@@H](C)[C@H]2CCCO2)oc2ccccc12. The Bertz CT molecular complexity index is 626. The van der Waals surface area contributed by atoms with E-state index >= 15 is 0 Å². The van der Waals surface area contributed by atoms with Crippen molar-refractivity contribution < 1.29 is 13.9 Å². The molecular weight excluding hydrogens is 254 g/mol. The first-order chi connectivity index (χ1) is 9.66. The number of hydrogen-bond donors (Lipinski definition) is 1. The number of hydrogen-bond acceptors (Lipinski definition) is 3. The highest BCUT2D eigenvalue weighted by Gasteiger charge is 2.26. The van der Waals surface area contributed by atoms with Gasteiger partial charge in [0.05, 0.1) is 12.1 Å². The lowest BCUT2D eigenvalue weighted by Crippen LogP contribution is -2.40. The van der Waals surface area contributed by atoms with E-state index in [1.165, 1.54) is 0 Å². The molecule has 2 atom stereocenters. The van der Waals surface area contributed by atoms with Crippen molar-refractivity contribution >= 4 is 16.9 Å². The summed E-state index contributed by atoms with van der Waals surface area (Å²) in [5.74, 6) is 0.234. The van der Waals surface area contributed by atoms with Crippen molar-refractivity contribution in [3.63, 3.8) is 0 Å². The zero-order chi connectivity index (χ0) is 14.1. The predicted molar refractivity (Wildman–Crippen MR) is 76.9 cm³/mol. The summed E-state index contributed by atoms with van der Waals surface area (Å²) < 4.78 is 11.3. The Morgan fingerprint density at radius 3 is 2.90 bits per heavy atom. The molecule has 0 saturated carbocycles. The van der Waals surface area contributed by atoms with Crippen molar-refractivity contribution in [1.82, 2.24) is 5.32 Å². The van der Waals surface area contributed by atoms with Crippen LogP contribution in [0.3, 0.4) is 0 Å². The summed E-state index contributed by atoms with van der Waals surface area (Å²) in [6.45, 7) is 4.68. The maximum Gasteiger partial charge on any atom is 0.287 e. The van der Waals surface area contributed by atoms with Crippen LogP contribution >= 0.6 is 0 Å². The summed E-state index contributed by atoms with van der Waals surface area (Å²) in [5.41, 5.74) is 1.64. The molecule has 1 aromatic heterocycles. The number of carbonyl (C=O) groups excluding carboxylic acids is 1. The van der Waals surface area contributed by atoms with Crippen LogP contribution in [0.5, 0.6) is 0 Å². The Hall–Kier alpha value is -1.81. The fourth-order valence-electron chi connectivity index (χ4n) is 2.75. The van der Waals surface area contributed by atoms with Crippen molar-refractivity contribution in [2.45, 2.75) is 38.8 Å². The highest BCUT2D eigenvalue weighted by molar-refractivity contribution is 5.99. The summed E-state index contributed by atoms with van der Waals surface area (Å²) in [6.07, 6.45) is 2.18. The molecular formula is C16H19NO3. The lowest BCUT2D eigenvalue weighted by molar-refractivity contribution is 0.0697. The first kappa shape index (κ1) is 13.2. The molecule has 0 aliphatic carbocycles. The molecule has 1 amide bonds. The van der Waals surface area contributed by atoms with Gasteiger partial charge >= 0.3 is 0 Å². The van der Waals surface area contributed by atoms with Gasteiger partial charge in [-0.15, -0.1) is 0 Å². The van der Waals surface area contributed by atoms with Gasteiger partial charge in [0.2, 0.25) is 0 Å². The molecule has 0 radical (unpaired) electrons. The zero-order valence-corrected chi connectivity index (χ0v) is 11.8. The molecule has 1 aliphatic rings. The Morgan fingerprint density at radius 2 is 2.20 bits per heavy atom. The fraction of sp³-hybridized carbons (Fsp3) is 0.438. The van der Waals surface area contributed by atoms with Crippen molar-refractivity contribution in [3.05, 3.63) is 35.6 Å². The van der Waals surface area contributed by atoms with E-state index in [0.717, 1.165) is 36.0 Å². The average molecular weight is 273 g/mol. The van der Waals surface area contributed by atoms with Crippen LogP contribution in [-0.4, -0.2) is 24.7 Å². The minimum Gasteiger partial charge on any atom is -0.451 e. The molecule has 1 aromatic carbocycles. The van der Waals surface area contributed by atoms with Crippen molar-refractivity contribution in [3.8, 4) is 0 Å². The second-order valence-corrected chi connectivity index (χ2v) is 5.37. The summed E-state index contributed by atoms with van der Waals surface area (Å²) in [4.78, 5) is 12.3. The molecule has 1 fully saturated rings. The van der Waals surface area contributed by atoms with E-state index in [1.54, 1.807) is 0 Å². The summed E-state index contributed by atoms with van der Waals surface area (Å²) in [7, 11) is 0. The number of ether oxygens (including phenoxy) is 1. The molecule has 2 aromatic rings. The number of rotatable bonds is 3. The molecule has 4 nitrogen and oxygen atoms in total. The highest BCUT2D eigenvalue weighted by atomic mass is 16.5. The molecule has 20 heavy (non-hydrogen) atoms. The maximum atomic E-state index is 12.3. The monoisotopic (exact) mass is 273 g/mol. The minimum atomic E-state index is -0.165. The molecule has 1 N–H and O–H groups in total. The normalized spacial score (nSPS) is 20.2. The lowest BCUT2D eigenvalue weighted by Gasteiger charge is -2.19. The van der Waals surface area contributed by atoms with Gasteiger partial charge in [-0.3, -0.25) is 4.79 Å². The van der Waals surface area contributed by atoms with Gasteiger partial charge in [0.1, 0.15) is 5.58 Å². The Labute approximate surface area is 118 Å². The second-order valence-electron chi connectivity index (χ2n) is 5.37. The summed E-state index contributed by atoms with van der Waals surface area (Å²) >= 11 is 0. The number of aryl methyl sites for hydroxylation is 1. The van der Waals surface area contributed by atoms with Gasteiger partial charge in [0, 0.05) is 17.6 Å². The molecule has 0 bridgehead atoms. The highest BCUT2D eigenvalue weighted by Crippen LogP contribution is 2.25. The van der Waals surface area contributed by atoms with E-state index < -0.39 is 0 Å². The summed E-state index contributed by atoms with van der Waals surface area (Å²) in [6, 6.07) is 7.69. The smallest absolute Gasteiger partial charge is 0.287 e. The standard InChI is InChI=1S/C16H19NO3/c1-10-12-6-3-4-7-14(12)20-15(10)16(18)17-11(2)13-8-5-9-19-13/h3-4,6-7,11,13H,5,8-9H2,1-2H3,(H,17,18)/t11-,13+/m0/s1. The fourth-order valence-corrected chi connectivity index (χ4v) is 2.75. The molecule has 2 heterocycles. The number of carbonyl (C=O) groups is 1. The van der Waals surface area contributed by atoms with E-state index in [1.807, 2.05) is 38.1 Å². The van der Waals surface area contributed by atoms with E-state index in [-0.39, 0.29) is 18.1 Å². The van der Waals surface area contributed by atoms with Crippen molar-refractivity contribution in [2.24, 2.45) is 0 Å². The average Bonchev–Trinajstić information content (AvgIpc) is 3.07. The maximum absolute atomic E-state index is 12.3. The van der Waals surface area contributed by atoms with E-state index in [0.29, 0.717) is 5.76 Å². The van der Waals surface area contributed by atoms with Crippen LogP contribution in [0.1, 0.15) is 35.9 Å². The summed E-state index contributed by atoms with van der Waals surface area (Å²) in [5, 5.41) is 3.97. The van der Waals surface area contributed by atoms with Crippen molar-refractivity contribution in [2.75, 3.05) is 6.61 Å². The van der Waals surface area contributed by atoms with Gasteiger partial charge in [0.25, 0.3) is 5.91 Å². The molecule has 1 aliphatic heterocycles. The molecule has 3 rings (SSSR count). The van der Waals surface area contributed by atoms with E-state index in [2.05, 4.69) is 5.32 Å². The molecule has 4 heteroatoms. The van der Waals surface area contributed by atoms with Crippen LogP contribution in [0.25, 0.3) is 11.0 Å². The van der Waals surface area contributed by atoms with Crippen LogP contribution in [0.4, 0.5) is 0 Å². The first-order valence-electron chi connectivity index (χ1n) is 7.07. The van der Waals surface area contributed by atoms with Gasteiger partial charge in [-0.1, -0.05) is 18.2 Å². The topological polar surface area (TPSA) is 51.5 Å². The number of benzene rings is 1. The molecule has 0 spiro atoms. The van der Waals surface area contributed by atoms with Crippen LogP contribution < -0.4 is 5.32 Å². The van der Waals surface area contributed by atoms with Gasteiger partial charge in [-0.25, -0.2) is 0 Å². The van der Waals surface area contributed by atoms with Gasteiger partial charge in [-0.05, 0) is 32.8 Å². The predicted octanol–water partition coefficient (Wildman–Crippen LogP) is 3.04. The first-order valence-corrected chi connectivity index (χ1v) is 7.07. The Balaban J connectivity index is 1.80. The largest absolute Gasteiger partial charge is 0.451 e. The van der Waals surface area contributed by atoms with E-state index in [4.69, 9.17) is 9.15 Å².